The number of carbonyl (C=O) groups excluding carboxylic acids is 1. The molecule has 0 aromatic carbocycles. The van der Waals surface area contributed by atoms with Gasteiger partial charge in [-0.15, -0.1) is 0 Å². The lowest BCUT2D eigenvalue weighted by Gasteiger charge is -2.06. The highest BCUT2D eigenvalue weighted by molar-refractivity contribution is 6.04. The van der Waals surface area contributed by atoms with Crippen molar-refractivity contribution in [3.63, 3.8) is 0 Å². The molecule has 2 aromatic rings. The van der Waals surface area contributed by atoms with E-state index in [-0.39, 0.29) is 5.91 Å². The van der Waals surface area contributed by atoms with Gasteiger partial charge in [0.15, 0.2) is 5.82 Å². The van der Waals surface area contributed by atoms with E-state index in [2.05, 4.69) is 25.7 Å². The smallest absolute Gasteiger partial charge is 0.258 e. The summed E-state index contributed by atoms with van der Waals surface area (Å²) in [7, 11) is 0. The zero-order valence-corrected chi connectivity index (χ0v) is 11.3. The third-order valence-corrected chi connectivity index (χ3v) is 2.83. The summed E-state index contributed by atoms with van der Waals surface area (Å²) in [6, 6.07) is 3.57. The molecule has 2 heterocycles. The lowest BCUT2D eigenvalue weighted by atomic mass is 10.1. The van der Waals surface area contributed by atoms with Crippen LogP contribution in [0.15, 0.2) is 12.1 Å². The summed E-state index contributed by atoms with van der Waals surface area (Å²) in [6.45, 7) is 5.78. The Morgan fingerprint density at radius 1 is 1.26 bits per heavy atom. The quantitative estimate of drug-likeness (QED) is 0.878. The van der Waals surface area contributed by atoms with Crippen molar-refractivity contribution in [2.24, 2.45) is 0 Å². The summed E-state index contributed by atoms with van der Waals surface area (Å²) in [4.78, 5) is 12.2. The van der Waals surface area contributed by atoms with E-state index in [0.29, 0.717) is 23.5 Å². The molecule has 2 rings (SSSR count). The number of H-pyrrole nitrogens is 1. The lowest BCUT2D eigenvalue weighted by Crippen LogP contribution is -2.16. The Labute approximate surface area is 111 Å². The van der Waals surface area contributed by atoms with E-state index in [1.54, 1.807) is 6.07 Å². The second-order valence-electron chi connectivity index (χ2n) is 4.29. The van der Waals surface area contributed by atoms with Crippen LogP contribution in [0.1, 0.15) is 41.3 Å². The van der Waals surface area contributed by atoms with E-state index in [1.807, 2.05) is 26.8 Å². The van der Waals surface area contributed by atoms with Crippen LogP contribution in [-0.4, -0.2) is 26.3 Å². The van der Waals surface area contributed by atoms with Gasteiger partial charge in [0.05, 0.1) is 17.0 Å². The molecule has 0 saturated heterocycles. The molecule has 0 aliphatic rings. The number of hydrogen-bond acceptors (Lipinski definition) is 4. The first-order valence-corrected chi connectivity index (χ1v) is 6.32. The first kappa shape index (κ1) is 13.2. The molecule has 0 unspecified atom stereocenters. The Bertz CT molecular complexity index is 590. The standard InChI is InChI=1S/C13H17N5O/c1-4-9-7-12(18-16-9)14-13(19)10-6-8(3)15-17-11(10)5-2/h6-7H,4-5H2,1-3H3,(H2,14,16,18,19). The number of nitrogens with one attached hydrogen (secondary N) is 2. The average Bonchev–Trinajstić information content (AvgIpc) is 2.86. The first-order valence-electron chi connectivity index (χ1n) is 6.32. The van der Waals surface area contributed by atoms with E-state index in [9.17, 15) is 4.79 Å². The maximum Gasteiger partial charge on any atom is 0.258 e. The van der Waals surface area contributed by atoms with Gasteiger partial charge in [-0.05, 0) is 25.8 Å². The van der Waals surface area contributed by atoms with E-state index < -0.39 is 0 Å². The van der Waals surface area contributed by atoms with Crippen molar-refractivity contribution in [1.82, 2.24) is 20.4 Å². The van der Waals surface area contributed by atoms with Crippen LogP contribution in [0, 0.1) is 6.92 Å². The highest BCUT2D eigenvalue weighted by Crippen LogP contribution is 2.12. The minimum absolute atomic E-state index is 0.205. The second kappa shape index (κ2) is 5.60. The van der Waals surface area contributed by atoms with Gasteiger partial charge >= 0.3 is 0 Å². The number of carbonyl (C=O) groups is 1. The lowest BCUT2D eigenvalue weighted by molar-refractivity contribution is 0.102. The predicted octanol–water partition coefficient (Wildman–Crippen LogP) is 1.89. The van der Waals surface area contributed by atoms with Crippen LogP contribution in [0.25, 0.3) is 0 Å². The van der Waals surface area contributed by atoms with Crippen molar-refractivity contribution >= 4 is 11.7 Å². The van der Waals surface area contributed by atoms with Crippen molar-refractivity contribution in [3.8, 4) is 0 Å². The van der Waals surface area contributed by atoms with Gasteiger partial charge in [-0.1, -0.05) is 13.8 Å². The van der Waals surface area contributed by atoms with Gasteiger partial charge in [-0.3, -0.25) is 9.89 Å². The number of aromatic nitrogens is 4. The molecule has 0 spiro atoms. The summed E-state index contributed by atoms with van der Waals surface area (Å²) >= 11 is 0. The summed E-state index contributed by atoms with van der Waals surface area (Å²) in [5, 5.41) is 17.7. The highest BCUT2D eigenvalue weighted by atomic mass is 16.1. The molecule has 0 atom stereocenters. The van der Waals surface area contributed by atoms with Crippen LogP contribution in [0.2, 0.25) is 0 Å². The third-order valence-electron chi connectivity index (χ3n) is 2.83. The van der Waals surface area contributed by atoms with Gasteiger partial charge in [-0.2, -0.15) is 15.3 Å². The summed E-state index contributed by atoms with van der Waals surface area (Å²) in [6.07, 6.45) is 1.51. The maximum absolute atomic E-state index is 12.2. The summed E-state index contributed by atoms with van der Waals surface area (Å²) in [5.74, 6) is 0.322. The molecule has 19 heavy (non-hydrogen) atoms. The Morgan fingerprint density at radius 3 is 2.68 bits per heavy atom. The zero-order valence-electron chi connectivity index (χ0n) is 11.3. The number of hydrogen-bond donors (Lipinski definition) is 2. The molecule has 1 amide bonds. The number of amides is 1. The molecule has 0 saturated carbocycles. The van der Waals surface area contributed by atoms with Gasteiger partial charge in [-0.25, -0.2) is 0 Å². The van der Waals surface area contributed by atoms with Crippen molar-refractivity contribution in [3.05, 3.63) is 34.8 Å². The van der Waals surface area contributed by atoms with Gasteiger partial charge in [0.25, 0.3) is 5.91 Å². The van der Waals surface area contributed by atoms with Crippen LogP contribution in [0.4, 0.5) is 5.82 Å². The van der Waals surface area contributed by atoms with Crippen LogP contribution < -0.4 is 5.32 Å². The molecule has 0 bridgehead atoms. The number of aromatic amines is 1. The average molecular weight is 259 g/mol. The fourth-order valence-corrected chi connectivity index (χ4v) is 1.76. The third kappa shape index (κ3) is 2.96. The molecule has 6 nitrogen and oxygen atoms in total. The topological polar surface area (TPSA) is 83.6 Å². The first-order chi connectivity index (χ1) is 9.13. The Kier molecular flexibility index (Phi) is 3.89. The van der Waals surface area contributed by atoms with Gasteiger partial charge in [0.2, 0.25) is 0 Å². The second-order valence-corrected chi connectivity index (χ2v) is 4.29. The fourth-order valence-electron chi connectivity index (χ4n) is 1.76. The molecule has 2 aromatic heterocycles. The van der Waals surface area contributed by atoms with Crippen LogP contribution >= 0.6 is 0 Å². The Balaban J connectivity index is 2.21. The molecular formula is C13H17N5O. The van der Waals surface area contributed by atoms with E-state index in [1.165, 1.54) is 0 Å². The van der Waals surface area contributed by atoms with Gasteiger partial charge in [0, 0.05) is 11.8 Å². The van der Waals surface area contributed by atoms with E-state index >= 15 is 0 Å². The van der Waals surface area contributed by atoms with Gasteiger partial charge in [0.1, 0.15) is 0 Å². The largest absolute Gasteiger partial charge is 0.305 e. The minimum atomic E-state index is -0.205. The van der Waals surface area contributed by atoms with Crippen LogP contribution in [0.5, 0.6) is 0 Å². The predicted molar refractivity (Wildman–Crippen MR) is 72.1 cm³/mol. The molecule has 100 valence electrons. The monoisotopic (exact) mass is 259 g/mol. The van der Waals surface area contributed by atoms with Gasteiger partial charge < -0.3 is 5.32 Å². The number of nitrogens with zero attached hydrogens (tertiary/aromatic N) is 3. The van der Waals surface area contributed by atoms with E-state index in [4.69, 9.17) is 0 Å². The number of anilines is 1. The normalized spacial score (nSPS) is 10.5. The minimum Gasteiger partial charge on any atom is -0.305 e. The SMILES string of the molecule is CCc1cc(NC(=O)c2cc(C)nnc2CC)n[nH]1. The zero-order chi connectivity index (χ0) is 13.8. The summed E-state index contributed by atoms with van der Waals surface area (Å²) < 4.78 is 0. The molecule has 0 radical (unpaired) electrons. The molecule has 0 aliphatic carbocycles. The number of aryl methyl sites for hydroxylation is 3. The highest BCUT2D eigenvalue weighted by Gasteiger charge is 2.14. The van der Waals surface area contributed by atoms with E-state index in [0.717, 1.165) is 17.8 Å². The molecule has 0 fully saturated rings. The number of rotatable bonds is 4. The van der Waals surface area contributed by atoms with Crippen molar-refractivity contribution in [1.29, 1.82) is 0 Å². The van der Waals surface area contributed by atoms with Crippen molar-refractivity contribution < 1.29 is 4.79 Å². The Morgan fingerprint density at radius 2 is 2.05 bits per heavy atom. The molecule has 6 heteroatoms. The molecular weight excluding hydrogens is 242 g/mol. The summed E-state index contributed by atoms with van der Waals surface area (Å²) in [5.41, 5.74) is 2.94. The van der Waals surface area contributed by atoms with Crippen LogP contribution in [-0.2, 0) is 12.8 Å². The maximum atomic E-state index is 12.2. The molecule has 2 N–H and O–H groups in total. The van der Waals surface area contributed by atoms with Crippen LogP contribution in [0.3, 0.4) is 0 Å². The Hall–Kier alpha value is -2.24. The molecule has 0 aliphatic heterocycles. The fraction of sp³-hybridized carbons (Fsp3) is 0.385. The van der Waals surface area contributed by atoms with Crippen molar-refractivity contribution in [2.45, 2.75) is 33.6 Å². The van der Waals surface area contributed by atoms with Crippen molar-refractivity contribution in [2.75, 3.05) is 5.32 Å².